The van der Waals surface area contributed by atoms with E-state index in [1.165, 1.54) is 21.0 Å². The number of esters is 1. The molecule has 1 aromatic rings. The second-order valence-electron chi connectivity index (χ2n) is 4.19. The number of rotatable bonds is 6. The summed E-state index contributed by atoms with van der Waals surface area (Å²) in [6.07, 6.45) is -0.946. The fourth-order valence-corrected chi connectivity index (χ4v) is 1.46. The van der Waals surface area contributed by atoms with Gasteiger partial charge in [0.05, 0.1) is 0 Å². The molecular weight excluding hydrogens is 262 g/mol. The maximum Gasteiger partial charge on any atom is 0.332 e. The molecule has 0 saturated heterocycles. The highest BCUT2D eigenvalue weighted by molar-refractivity contribution is 5.98. The topological polar surface area (TPSA) is 81.7 Å². The number of anilines is 1. The smallest absolute Gasteiger partial charge is 0.332 e. The van der Waals surface area contributed by atoms with E-state index < -0.39 is 18.0 Å². The van der Waals surface area contributed by atoms with Gasteiger partial charge in [-0.15, -0.1) is 0 Å². The quantitative estimate of drug-likeness (QED) is 0.629. The highest BCUT2D eigenvalue weighted by Crippen LogP contribution is 2.12. The molecule has 0 unspecified atom stereocenters. The Hall–Kier alpha value is -2.21. The van der Waals surface area contributed by atoms with Gasteiger partial charge >= 0.3 is 5.97 Å². The first-order chi connectivity index (χ1) is 9.43. The van der Waals surface area contributed by atoms with Gasteiger partial charge in [0, 0.05) is 18.4 Å². The molecule has 0 fully saturated rings. The number of amides is 1. The second-order valence-corrected chi connectivity index (χ2v) is 4.19. The Bertz CT molecular complexity index is 512. The van der Waals surface area contributed by atoms with E-state index in [0.29, 0.717) is 11.3 Å². The van der Waals surface area contributed by atoms with E-state index in [1.807, 2.05) is 0 Å². The standard InChI is InChI=1S/C14H17NO5/c1-9(16)11-5-4-6-12(7-11)15-14(18)10(2)20-13(17)8-19-3/h4-7,10H,8H2,1-3H3,(H,15,18)/t10-/m0/s1. The van der Waals surface area contributed by atoms with Crippen LogP contribution in [0.25, 0.3) is 0 Å². The van der Waals surface area contributed by atoms with E-state index in [1.54, 1.807) is 24.3 Å². The second kappa shape index (κ2) is 7.40. The van der Waals surface area contributed by atoms with Crippen LogP contribution in [0.15, 0.2) is 24.3 Å². The first kappa shape index (κ1) is 15.8. The largest absolute Gasteiger partial charge is 0.451 e. The van der Waals surface area contributed by atoms with Gasteiger partial charge in [0.2, 0.25) is 0 Å². The third-order valence-electron chi connectivity index (χ3n) is 2.48. The minimum absolute atomic E-state index is 0.0966. The van der Waals surface area contributed by atoms with Crippen LogP contribution in [0, 0.1) is 0 Å². The maximum atomic E-state index is 11.8. The van der Waals surface area contributed by atoms with Crippen molar-refractivity contribution >= 4 is 23.3 Å². The lowest BCUT2D eigenvalue weighted by atomic mass is 10.1. The molecule has 0 spiro atoms. The van der Waals surface area contributed by atoms with Gasteiger partial charge in [-0.2, -0.15) is 0 Å². The number of hydrogen-bond acceptors (Lipinski definition) is 5. The molecule has 1 aromatic carbocycles. The lowest BCUT2D eigenvalue weighted by molar-refractivity contribution is -0.156. The zero-order valence-corrected chi connectivity index (χ0v) is 11.6. The van der Waals surface area contributed by atoms with Crippen LogP contribution in [0.2, 0.25) is 0 Å². The Morgan fingerprint density at radius 2 is 2.00 bits per heavy atom. The van der Waals surface area contributed by atoms with Crippen LogP contribution in [0.4, 0.5) is 5.69 Å². The Labute approximate surface area is 117 Å². The summed E-state index contributed by atoms with van der Waals surface area (Å²) < 4.78 is 9.46. The van der Waals surface area contributed by atoms with E-state index in [0.717, 1.165) is 0 Å². The molecule has 1 atom stereocenters. The lowest BCUT2D eigenvalue weighted by Crippen LogP contribution is -2.31. The molecule has 0 radical (unpaired) electrons. The van der Waals surface area contributed by atoms with Crippen LogP contribution in [0.5, 0.6) is 0 Å². The summed E-state index contributed by atoms with van der Waals surface area (Å²) >= 11 is 0. The Kier molecular flexibility index (Phi) is 5.86. The maximum absolute atomic E-state index is 11.8. The van der Waals surface area contributed by atoms with Crippen LogP contribution in [0.3, 0.4) is 0 Å². The van der Waals surface area contributed by atoms with Gasteiger partial charge in [-0.05, 0) is 26.0 Å². The van der Waals surface area contributed by atoms with Crippen molar-refractivity contribution in [1.29, 1.82) is 0 Å². The summed E-state index contributed by atoms with van der Waals surface area (Å²) in [6.45, 7) is 2.69. The Morgan fingerprint density at radius 1 is 1.30 bits per heavy atom. The minimum atomic E-state index is -0.946. The SMILES string of the molecule is COCC(=O)O[C@@H](C)C(=O)Nc1cccc(C(C)=O)c1. The minimum Gasteiger partial charge on any atom is -0.451 e. The van der Waals surface area contributed by atoms with Crippen LogP contribution >= 0.6 is 0 Å². The highest BCUT2D eigenvalue weighted by atomic mass is 16.6. The van der Waals surface area contributed by atoms with E-state index in [9.17, 15) is 14.4 Å². The number of Topliss-reactive ketones (excluding diaryl/α,β-unsaturated/α-hetero) is 1. The van der Waals surface area contributed by atoms with Crippen molar-refractivity contribution in [2.24, 2.45) is 0 Å². The number of hydrogen-bond donors (Lipinski definition) is 1. The van der Waals surface area contributed by atoms with E-state index in [-0.39, 0.29) is 12.4 Å². The number of benzene rings is 1. The highest BCUT2D eigenvalue weighted by Gasteiger charge is 2.17. The molecule has 108 valence electrons. The predicted molar refractivity (Wildman–Crippen MR) is 72.5 cm³/mol. The molecule has 1 rings (SSSR count). The van der Waals surface area contributed by atoms with Gasteiger partial charge in [0.25, 0.3) is 5.91 Å². The Balaban J connectivity index is 2.63. The third-order valence-corrected chi connectivity index (χ3v) is 2.48. The first-order valence-corrected chi connectivity index (χ1v) is 6.04. The predicted octanol–water partition coefficient (Wildman–Crippen LogP) is 1.41. The van der Waals surface area contributed by atoms with E-state index in [4.69, 9.17) is 4.74 Å². The van der Waals surface area contributed by atoms with Gasteiger partial charge in [-0.25, -0.2) is 4.79 Å². The third kappa shape index (κ3) is 4.81. The van der Waals surface area contributed by atoms with Crippen LogP contribution in [0.1, 0.15) is 24.2 Å². The molecule has 0 aliphatic rings. The Morgan fingerprint density at radius 3 is 2.60 bits per heavy atom. The van der Waals surface area contributed by atoms with Crippen molar-refractivity contribution in [3.05, 3.63) is 29.8 Å². The van der Waals surface area contributed by atoms with E-state index in [2.05, 4.69) is 10.1 Å². The van der Waals surface area contributed by atoms with Crippen molar-refractivity contribution in [1.82, 2.24) is 0 Å². The number of ketones is 1. The zero-order chi connectivity index (χ0) is 15.1. The van der Waals surface area contributed by atoms with Crippen molar-refractivity contribution < 1.29 is 23.9 Å². The van der Waals surface area contributed by atoms with Gasteiger partial charge in [0.1, 0.15) is 6.61 Å². The fraction of sp³-hybridized carbons (Fsp3) is 0.357. The molecule has 20 heavy (non-hydrogen) atoms. The van der Waals surface area contributed by atoms with Crippen molar-refractivity contribution in [2.45, 2.75) is 20.0 Å². The summed E-state index contributed by atoms with van der Waals surface area (Å²) in [6, 6.07) is 6.52. The summed E-state index contributed by atoms with van der Waals surface area (Å²) in [7, 11) is 1.36. The molecule has 0 heterocycles. The molecule has 0 bridgehead atoms. The number of methoxy groups -OCH3 is 1. The summed E-state index contributed by atoms with van der Waals surface area (Å²) in [5.41, 5.74) is 0.962. The number of carbonyl (C=O) groups excluding carboxylic acids is 3. The molecule has 1 amide bonds. The summed E-state index contributed by atoms with van der Waals surface area (Å²) in [4.78, 5) is 34.2. The molecule has 0 aliphatic heterocycles. The summed E-state index contributed by atoms with van der Waals surface area (Å²) in [5.74, 6) is -1.19. The molecule has 6 nitrogen and oxygen atoms in total. The number of ether oxygens (including phenoxy) is 2. The van der Waals surface area contributed by atoms with E-state index >= 15 is 0 Å². The molecular formula is C14H17NO5. The van der Waals surface area contributed by atoms with Crippen LogP contribution < -0.4 is 5.32 Å². The molecule has 1 N–H and O–H groups in total. The molecule has 0 aliphatic carbocycles. The zero-order valence-electron chi connectivity index (χ0n) is 11.6. The molecule has 0 saturated carbocycles. The van der Waals surface area contributed by atoms with Gasteiger partial charge < -0.3 is 14.8 Å². The van der Waals surface area contributed by atoms with Crippen molar-refractivity contribution in [3.63, 3.8) is 0 Å². The van der Waals surface area contributed by atoms with Gasteiger partial charge in [0.15, 0.2) is 11.9 Å². The fourth-order valence-electron chi connectivity index (χ4n) is 1.46. The summed E-state index contributed by atoms with van der Waals surface area (Å²) in [5, 5.41) is 2.58. The number of nitrogens with one attached hydrogen (secondary N) is 1. The number of carbonyl (C=O) groups is 3. The van der Waals surface area contributed by atoms with Crippen LogP contribution in [-0.4, -0.2) is 37.5 Å². The van der Waals surface area contributed by atoms with Gasteiger partial charge in [-0.1, -0.05) is 12.1 Å². The lowest BCUT2D eigenvalue weighted by Gasteiger charge is -2.13. The van der Waals surface area contributed by atoms with Crippen molar-refractivity contribution in [3.8, 4) is 0 Å². The average molecular weight is 279 g/mol. The van der Waals surface area contributed by atoms with Crippen LogP contribution in [-0.2, 0) is 19.1 Å². The van der Waals surface area contributed by atoms with Crippen molar-refractivity contribution in [2.75, 3.05) is 19.0 Å². The molecule has 6 heteroatoms. The monoisotopic (exact) mass is 279 g/mol. The van der Waals surface area contributed by atoms with Gasteiger partial charge in [-0.3, -0.25) is 9.59 Å². The molecule has 0 aromatic heterocycles. The average Bonchev–Trinajstić information content (AvgIpc) is 2.39. The normalized spacial score (nSPS) is 11.6. The first-order valence-electron chi connectivity index (χ1n) is 6.04.